The number of aromatic carboxylic acids is 1. The zero-order chi connectivity index (χ0) is 17.2. The molecule has 0 unspecified atom stereocenters. The van der Waals surface area contributed by atoms with E-state index < -0.39 is 15.8 Å². The maximum Gasteiger partial charge on any atom is 0.335 e. The maximum absolute atomic E-state index is 11.9. The van der Waals surface area contributed by atoms with E-state index in [9.17, 15) is 13.2 Å². The molecule has 0 aliphatic carbocycles. The molecule has 1 N–H and O–H groups in total. The van der Waals surface area contributed by atoms with Crippen LogP contribution in [0.15, 0.2) is 41.3 Å². The van der Waals surface area contributed by atoms with Crippen LogP contribution in [0.5, 0.6) is 17.2 Å². The molecule has 0 aliphatic rings. The van der Waals surface area contributed by atoms with Gasteiger partial charge < -0.3 is 14.6 Å². The molecule has 2 aromatic carbocycles. The number of hydrogen-bond donors (Lipinski definition) is 1. The molecule has 2 rings (SSSR count). The molecule has 23 heavy (non-hydrogen) atoms. The fraction of sp³-hybridized carbons (Fsp3) is 0.188. The molecule has 0 spiro atoms. The minimum absolute atomic E-state index is 0.0764. The van der Waals surface area contributed by atoms with E-state index >= 15 is 0 Å². The summed E-state index contributed by atoms with van der Waals surface area (Å²) < 4.78 is 34.5. The molecule has 0 amide bonds. The van der Waals surface area contributed by atoms with Crippen molar-refractivity contribution in [3.05, 3.63) is 47.5 Å². The molecule has 0 aromatic heterocycles. The Morgan fingerprint density at radius 2 is 1.65 bits per heavy atom. The lowest BCUT2D eigenvalue weighted by Gasteiger charge is -2.13. The van der Waals surface area contributed by atoms with Crippen molar-refractivity contribution in [3.63, 3.8) is 0 Å². The summed E-state index contributed by atoms with van der Waals surface area (Å²) in [5, 5.41) is 9.14. The van der Waals surface area contributed by atoms with Gasteiger partial charge in [-0.1, -0.05) is 0 Å². The molecule has 0 radical (unpaired) electrons. The highest BCUT2D eigenvalue weighted by molar-refractivity contribution is 7.90. The Balaban J connectivity index is 2.51. The van der Waals surface area contributed by atoms with Crippen LogP contribution in [0, 0.1) is 6.92 Å². The van der Waals surface area contributed by atoms with E-state index in [0.29, 0.717) is 17.1 Å². The van der Waals surface area contributed by atoms with Gasteiger partial charge in [-0.3, -0.25) is 0 Å². The lowest BCUT2D eigenvalue weighted by molar-refractivity contribution is 0.0696. The normalized spacial score (nSPS) is 11.1. The molecular weight excluding hydrogens is 320 g/mol. The molecule has 0 aliphatic heterocycles. The number of aryl methyl sites for hydroxylation is 1. The molecule has 0 heterocycles. The van der Waals surface area contributed by atoms with Crippen LogP contribution in [-0.4, -0.2) is 32.9 Å². The Morgan fingerprint density at radius 3 is 2.13 bits per heavy atom. The molecule has 0 bridgehead atoms. The predicted octanol–water partition coefficient (Wildman–Crippen LogP) is 2.90. The smallest absolute Gasteiger partial charge is 0.335 e. The van der Waals surface area contributed by atoms with Crippen molar-refractivity contribution in [2.24, 2.45) is 0 Å². The van der Waals surface area contributed by atoms with E-state index in [0.717, 1.165) is 12.3 Å². The Hall–Kier alpha value is -2.54. The van der Waals surface area contributed by atoms with Crippen molar-refractivity contribution in [3.8, 4) is 17.2 Å². The molecule has 6 nitrogen and oxygen atoms in total. The standard InChI is InChI=1S/C16H16O6S/c1-10-8-14(22-12-6-4-11(21-2)5-7-12)15(23(3,19)20)9-13(10)16(17)18/h4-9H,1-3H3,(H,17,18). The van der Waals surface area contributed by atoms with Crippen LogP contribution in [0.3, 0.4) is 0 Å². The van der Waals surface area contributed by atoms with E-state index in [1.807, 2.05) is 0 Å². The summed E-state index contributed by atoms with van der Waals surface area (Å²) in [6, 6.07) is 9.13. The van der Waals surface area contributed by atoms with Crippen LogP contribution >= 0.6 is 0 Å². The lowest BCUT2D eigenvalue weighted by atomic mass is 10.1. The van der Waals surface area contributed by atoms with Gasteiger partial charge in [0.05, 0.1) is 12.7 Å². The number of ether oxygens (including phenoxy) is 2. The second kappa shape index (κ2) is 6.29. The van der Waals surface area contributed by atoms with Gasteiger partial charge in [0.2, 0.25) is 0 Å². The van der Waals surface area contributed by atoms with E-state index in [-0.39, 0.29) is 16.2 Å². The molecule has 0 saturated carbocycles. The first-order valence-corrected chi connectivity index (χ1v) is 8.51. The molecule has 7 heteroatoms. The van der Waals surface area contributed by atoms with Crippen LogP contribution in [0.1, 0.15) is 15.9 Å². The highest BCUT2D eigenvalue weighted by atomic mass is 32.2. The van der Waals surface area contributed by atoms with Crippen LogP contribution < -0.4 is 9.47 Å². The topological polar surface area (TPSA) is 89.9 Å². The fourth-order valence-electron chi connectivity index (χ4n) is 2.03. The summed E-state index contributed by atoms with van der Waals surface area (Å²) in [7, 11) is -2.12. The number of benzene rings is 2. The molecular formula is C16H16O6S. The van der Waals surface area contributed by atoms with Gasteiger partial charge in [0.25, 0.3) is 0 Å². The van der Waals surface area contributed by atoms with Crippen molar-refractivity contribution in [1.29, 1.82) is 0 Å². The predicted molar refractivity (Wildman–Crippen MR) is 84.3 cm³/mol. The number of rotatable bonds is 5. The highest BCUT2D eigenvalue weighted by Crippen LogP contribution is 2.32. The lowest BCUT2D eigenvalue weighted by Crippen LogP contribution is -2.06. The largest absolute Gasteiger partial charge is 0.497 e. The summed E-state index contributed by atoms with van der Waals surface area (Å²) in [6.45, 7) is 1.58. The van der Waals surface area contributed by atoms with Crippen LogP contribution in [0.2, 0.25) is 0 Å². The molecule has 0 saturated heterocycles. The second-order valence-electron chi connectivity index (χ2n) is 4.97. The third-order valence-corrected chi connectivity index (χ3v) is 4.33. The summed E-state index contributed by atoms with van der Waals surface area (Å²) >= 11 is 0. The monoisotopic (exact) mass is 336 g/mol. The third kappa shape index (κ3) is 3.81. The van der Waals surface area contributed by atoms with Gasteiger partial charge >= 0.3 is 5.97 Å². The Morgan fingerprint density at radius 1 is 1.09 bits per heavy atom. The van der Waals surface area contributed by atoms with Gasteiger partial charge in [-0.05, 0) is 48.9 Å². The highest BCUT2D eigenvalue weighted by Gasteiger charge is 2.20. The first-order valence-electron chi connectivity index (χ1n) is 6.62. The minimum Gasteiger partial charge on any atom is -0.497 e. The minimum atomic E-state index is -3.65. The maximum atomic E-state index is 11.9. The van der Waals surface area contributed by atoms with Crippen molar-refractivity contribution < 1.29 is 27.8 Å². The van der Waals surface area contributed by atoms with E-state index in [4.69, 9.17) is 14.6 Å². The number of methoxy groups -OCH3 is 1. The SMILES string of the molecule is COc1ccc(Oc2cc(C)c(C(=O)O)cc2S(C)(=O)=O)cc1. The van der Waals surface area contributed by atoms with Gasteiger partial charge in [0.15, 0.2) is 9.84 Å². The number of hydrogen-bond acceptors (Lipinski definition) is 5. The first kappa shape index (κ1) is 16.8. The van der Waals surface area contributed by atoms with Gasteiger partial charge in [-0.15, -0.1) is 0 Å². The summed E-state index contributed by atoms with van der Waals surface area (Å²) in [5.41, 5.74) is 0.334. The zero-order valence-electron chi connectivity index (χ0n) is 12.9. The van der Waals surface area contributed by atoms with Gasteiger partial charge in [-0.2, -0.15) is 0 Å². The summed E-state index contributed by atoms with van der Waals surface area (Å²) in [5.74, 6) is -0.0557. The van der Waals surface area contributed by atoms with Crippen molar-refractivity contribution in [2.75, 3.05) is 13.4 Å². The third-order valence-electron chi connectivity index (χ3n) is 3.21. The quantitative estimate of drug-likeness (QED) is 0.903. The number of sulfone groups is 1. The second-order valence-corrected chi connectivity index (χ2v) is 6.95. The Labute approximate surface area is 134 Å². The van der Waals surface area contributed by atoms with Crippen molar-refractivity contribution in [2.45, 2.75) is 11.8 Å². The zero-order valence-corrected chi connectivity index (χ0v) is 13.7. The molecule has 0 fully saturated rings. The van der Waals surface area contributed by atoms with Crippen molar-refractivity contribution >= 4 is 15.8 Å². The number of carboxylic acids is 1. The van der Waals surface area contributed by atoms with Crippen molar-refractivity contribution in [1.82, 2.24) is 0 Å². The summed E-state index contributed by atoms with van der Waals surface area (Å²) in [6.07, 6.45) is 1.00. The molecule has 2 aromatic rings. The van der Waals surface area contributed by atoms with Crippen LogP contribution in [0.4, 0.5) is 0 Å². The average molecular weight is 336 g/mol. The van der Waals surface area contributed by atoms with E-state index in [1.165, 1.54) is 13.2 Å². The fourth-order valence-corrected chi connectivity index (χ4v) is 2.83. The van der Waals surface area contributed by atoms with E-state index in [2.05, 4.69) is 0 Å². The van der Waals surface area contributed by atoms with Crippen LogP contribution in [-0.2, 0) is 9.84 Å². The number of carboxylic acid groups (broad SMARTS) is 1. The van der Waals surface area contributed by atoms with Gasteiger partial charge in [0, 0.05) is 6.26 Å². The van der Waals surface area contributed by atoms with E-state index in [1.54, 1.807) is 31.2 Å². The Bertz CT molecular complexity index is 838. The first-order chi connectivity index (χ1) is 10.7. The average Bonchev–Trinajstić information content (AvgIpc) is 2.46. The molecule has 0 atom stereocenters. The van der Waals surface area contributed by atoms with Gasteiger partial charge in [-0.25, -0.2) is 13.2 Å². The Kier molecular flexibility index (Phi) is 4.60. The molecule has 122 valence electrons. The van der Waals surface area contributed by atoms with Crippen LogP contribution in [0.25, 0.3) is 0 Å². The van der Waals surface area contributed by atoms with Gasteiger partial charge in [0.1, 0.15) is 22.1 Å². The summed E-state index contributed by atoms with van der Waals surface area (Å²) in [4.78, 5) is 11.0. The number of carbonyl (C=O) groups is 1.